The zero-order valence-electron chi connectivity index (χ0n) is 10.1. The van der Waals surface area contributed by atoms with Crippen LogP contribution in [0.1, 0.15) is 15.9 Å². The van der Waals surface area contributed by atoms with Crippen molar-refractivity contribution in [2.75, 3.05) is 20.2 Å². The second kappa shape index (κ2) is 5.18. The zero-order valence-corrected chi connectivity index (χ0v) is 10.1. The molecule has 0 aliphatic carbocycles. The number of carboxylic acid groups (broad SMARTS) is 1. The van der Waals surface area contributed by atoms with E-state index in [4.69, 9.17) is 9.84 Å². The Morgan fingerprint density at radius 1 is 1.44 bits per heavy atom. The lowest BCUT2D eigenvalue weighted by Gasteiger charge is -2.36. The minimum absolute atomic E-state index is 0.120. The van der Waals surface area contributed by atoms with Crippen molar-refractivity contribution in [1.82, 2.24) is 4.90 Å². The molecule has 0 spiro atoms. The van der Waals surface area contributed by atoms with Crippen molar-refractivity contribution in [2.24, 2.45) is 5.92 Å². The van der Waals surface area contributed by atoms with Crippen molar-refractivity contribution < 1.29 is 19.4 Å². The van der Waals surface area contributed by atoms with Crippen LogP contribution in [-0.4, -0.2) is 42.1 Å². The molecule has 1 saturated heterocycles. The first-order valence-corrected chi connectivity index (χ1v) is 5.71. The molecule has 1 aliphatic heterocycles. The number of hydrogen-bond acceptors (Lipinski definition) is 3. The van der Waals surface area contributed by atoms with Crippen LogP contribution in [0.2, 0.25) is 0 Å². The number of hydrogen-bond donors (Lipinski definition) is 1. The van der Waals surface area contributed by atoms with Crippen molar-refractivity contribution in [3.05, 3.63) is 35.4 Å². The molecule has 5 nitrogen and oxygen atoms in total. The Balaban J connectivity index is 2.02. The first-order valence-electron chi connectivity index (χ1n) is 5.71. The van der Waals surface area contributed by atoms with Crippen LogP contribution in [0.25, 0.3) is 0 Å². The highest BCUT2D eigenvalue weighted by molar-refractivity contribution is 5.95. The van der Waals surface area contributed by atoms with Gasteiger partial charge in [-0.05, 0) is 17.7 Å². The van der Waals surface area contributed by atoms with Gasteiger partial charge in [0, 0.05) is 25.8 Å². The van der Waals surface area contributed by atoms with E-state index in [-0.39, 0.29) is 5.91 Å². The van der Waals surface area contributed by atoms with Gasteiger partial charge < -0.3 is 14.7 Å². The molecular formula is C13H15NO4. The molecule has 96 valence electrons. The minimum Gasteiger partial charge on any atom is -0.481 e. The van der Waals surface area contributed by atoms with E-state index in [2.05, 4.69) is 0 Å². The summed E-state index contributed by atoms with van der Waals surface area (Å²) >= 11 is 0. The van der Waals surface area contributed by atoms with Gasteiger partial charge in [0.25, 0.3) is 5.91 Å². The minimum atomic E-state index is -0.841. The molecule has 0 bridgehead atoms. The van der Waals surface area contributed by atoms with Gasteiger partial charge in [0.2, 0.25) is 0 Å². The van der Waals surface area contributed by atoms with Crippen LogP contribution in [0.15, 0.2) is 24.3 Å². The normalized spacial score (nSPS) is 15.3. The van der Waals surface area contributed by atoms with Crippen molar-refractivity contribution in [3.8, 4) is 0 Å². The molecule has 0 radical (unpaired) electrons. The fourth-order valence-corrected chi connectivity index (χ4v) is 1.94. The summed E-state index contributed by atoms with van der Waals surface area (Å²) in [5.41, 5.74) is 1.51. The summed E-state index contributed by atoms with van der Waals surface area (Å²) in [5, 5.41) is 8.76. The van der Waals surface area contributed by atoms with E-state index in [0.717, 1.165) is 5.56 Å². The smallest absolute Gasteiger partial charge is 0.310 e. The SMILES string of the molecule is COCc1cccc(C(=O)N2CC(C(=O)O)C2)c1. The third kappa shape index (κ3) is 2.51. The summed E-state index contributed by atoms with van der Waals surface area (Å²) in [4.78, 5) is 24.3. The van der Waals surface area contributed by atoms with E-state index < -0.39 is 11.9 Å². The Kier molecular flexibility index (Phi) is 3.62. The third-order valence-corrected chi connectivity index (χ3v) is 3.00. The number of benzene rings is 1. The number of carboxylic acids is 1. The van der Waals surface area contributed by atoms with Crippen LogP contribution < -0.4 is 0 Å². The van der Waals surface area contributed by atoms with Gasteiger partial charge in [0.15, 0.2) is 0 Å². The molecule has 1 aromatic carbocycles. The number of rotatable bonds is 4. The Bertz CT molecular complexity index is 466. The Morgan fingerprint density at radius 3 is 2.78 bits per heavy atom. The van der Waals surface area contributed by atoms with Crippen LogP contribution >= 0.6 is 0 Å². The van der Waals surface area contributed by atoms with Gasteiger partial charge in [-0.3, -0.25) is 9.59 Å². The number of amides is 1. The quantitative estimate of drug-likeness (QED) is 0.864. The average molecular weight is 249 g/mol. The van der Waals surface area contributed by atoms with E-state index in [1.165, 1.54) is 0 Å². The number of aliphatic carboxylic acids is 1. The van der Waals surface area contributed by atoms with Gasteiger partial charge in [-0.1, -0.05) is 12.1 Å². The van der Waals surface area contributed by atoms with Gasteiger partial charge in [-0.2, -0.15) is 0 Å². The molecular weight excluding hydrogens is 234 g/mol. The Labute approximate surface area is 105 Å². The largest absolute Gasteiger partial charge is 0.481 e. The summed E-state index contributed by atoms with van der Waals surface area (Å²) in [7, 11) is 1.60. The lowest BCUT2D eigenvalue weighted by Crippen LogP contribution is -2.53. The number of carbonyl (C=O) groups is 2. The molecule has 0 aromatic heterocycles. The molecule has 1 fully saturated rings. The maximum Gasteiger partial charge on any atom is 0.310 e. The zero-order chi connectivity index (χ0) is 13.1. The maximum atomic E-state index is 12.0. The van der Waals surface area contributed by atoms with Crippen LogP contribution in [0.3, 0.4) is 0 Å². The van der Waals surface area contributed by atoms with E-state index in [0.29, 0.717) is 25.3 Å². The lowest BCUT2D eigenvalue weighted by molar-refractivity contribution is -0.146. The molecule has 1 heterocycles. The van der Waals surface area contributed by atoms with Crippen LogP contribution in [0, 0.1) is 5.92 Å². The number of methoxy groups -OCH3 is 1. The highest BCUT2D eigenvalue weighted by atomic mass is 16.5. The predicted molar refractivity (Wildman–Crippen MR) is 64.2 cm³/mol. The topological polar surface area (TPSA) is 66.8 Å². The molecule has 5 heteroatoms. The average Bonchev–Trinajstić information content (AvgIpc) is 2.27. The molecule has 1 aromatic rings. The summed E-state index contributed by atoms with van der Waals surface area (Å²) in [5.74, 6) is -1.38. The molecule has 1 N–H and O–H groups in total. The third-order valence-electron chi connectivity index (χ3n) is 3.00. The van der Waals surface area contributed by atoms with Gasteiger partial charge in [-0.25, -0.2) is 0 Å². The van der Waals surface area contributed by atoms with Crippen LogP contribution in [-0.2, 0) is 16.1 Å². The fourth-order valence-electron chi connectivity index (χ4n) is 1.94. The molecule has 2 rings (SSSR count). The molecule has 1 amide bonds. The number of nitrogens with zero attached hydrogens (tertiary/aromatic N) is 1. The second-order valence-corrected chi connectivity index (χ2v) is 4.38. The van der Waals surface area contributed by atoms with Gasteiger partial charge in [0.1, 0.15) is 0 Å². The van der Waals surface area contributed by atoms with E-state index in [1.807, 2.05) is 6.07 Å². The fraction of sp³-hybridized carbons (Fsp3) is 0.385. The van der Waals surface area contributed by atoms with Crippen LogP contribution in [0.4, 0.5) is 0 Å². The van der Waals surface area contributed by atoms with Gasteiger partial charge >= 0.3 is 5.97 Å². The summed E-state index contributed by atoms with van der Waals surface area (Å²) in [6.07, 6.45) is 0. The monoisotopic (exact) mass is 249 g/mol. The number of ether oxygens (including phenoxy) is 1. The van der Waals surface area contributed by atoms with Gasteiger partial charge in [0.05, 0.1) is 12.5 Å². The Hall–Kier alpha value is -1.88. The number of likely N-dealkylation sites (tertiary alicyclic amines) is 1. The first-order chi connectivity index (χ1) is 8.61. The van der Waals surface area contributed by atoms with Crippen molar-refractivity contribution >= 4 is 11.9 Å². The second-order valence-electron chi connectivity index (χ2n) is 4.38. The van der Waals surface area contributed by atoms with E-state index in [1.54, 1.807) is 30.2 Å². The summed E-state index contributed by atoms with van der Waals surface area (Å²) < 4.78 is 5.01. The lowest BCUT2D eigenvalue weighted by atomic mass is 9.99. The van der Waals surface area contributed by atoms with E-state index in [9.17, 15) is 9.59 Å². The molecule has 18 heavy (non-hydrogen) atoms. The molecule has 0 atom stereocenters. The molecule has 1 aliphatic rings. The summed E-state index contributed by atoms with van der Waals surface area (Å²) in [6.45, 7) is 1.05. The van der Waals surface area contributed by atoms with Crippen molar-refractivity contribution in [3.63, 3.8) is 0 Å². The number of carbonyl (C=O) groups excluding carboxylic acids is 1. The van der Waals surface area contributed by atoms with Gasteiger partial charge in [-0.15, -0.1) is 0 Å². The van der Waals surface area contributed by atoms with E-state index >= 15 is 0 Å². The highest BCUT2D eigenvalue weighted by Crippen LogP contribution is 2.19. The maximum absolute atomic E-state index is 12.0. The summed E-state index contributed by atoms with van der Waals surface area (Å²) in [6, 6.07) is 7.20. The predicted octanol–water partition coefficient (Wildman–Crippen LogP) is 0.990. The van der Waals surface area contributed by atoms with Crippen molar-refractivity contribution in [2.45, 2.75) is 6.61 Å². The van der Waals surface area contributed by atoms with Crippen molar-refractivity contribution in [1.29, 1.82) is 0 Å². The van der Waals surface area contributed by atoms with Crippen LogP contribution in [0.5, 0.6) is 0 Å². The molecule has 0 saturated carbocycles. The Morgan fingerprint density at radius 2 is 2.17 bits per heavy atom. The highest BCUT2D eigenvalue weighted by Gasteiger charge is 2.35. The standard InChI is InChI=1S/C13H15NO4/c1-18-8-9-3-2-4-10(5-9)12(15)14-6-11(7-14)13(16)17/h2-5,11H,6-8H2,1H3,(H,16,17). The first kappa shape index (κ1) is 12.6. The molecule has 0 unspecified atom stereocenters.